The van der Waals surface area contributed by atoms with Crippen LogP contribution in [0.25, 0.3) is 0 Å². The Balaban J connectivity index is 1.73. The molecule has 4 nitrogen and oxygen atoms in total. The summed E-state index contributed by atoms with van der Waals surface area (Å²) in [4.78, 5) is 15.0. The summed E-state index contributed by atoms with van der Waals surface area (Å²) in [5, 5.41) is 4.75. The smallest absolute Gasteiger partial charge is 0.338 e. The number of alkyl halides is 5. The molecule has 0 saturated heterocycles. The Morgan fingerprint density at radius 3 is 2.57 bits per heavy atom. The zero-order chi connectivity index (χ0) is 17.1. The first-order valence-corrected chi connectivity index (χ1v) is 7.05. The molecule has 1 aromatic heterocycles. The molecule has 0 aromatic carbocycles. The van der Waals surface area contributed by atoms with Gasteiger partial charge in [-0.15, -0.1) is 0 Å². The predicted octanol–water partition coefficient (Wildman–Crippen LogP) is 3.55. The van der Waals surface area contributed by atoms with Crippen molar-refractivity contribution in [1.82, 2.24) is 15.6 Å². The Kier molecular flexibility index (Phi) is 5.06. The molecule has 2 amide bonds. The number of halogens is 5. The van der Waals surface area contributed by atoms with Crippen LogP contribution in [0.5, 0.6) is 0 Å². The summed E-state index contributed by atoms with van der Waals surface area (Å²) in [6, 6.07) is 1.99. The van der Waals surface area contributed by atoms with Gasteiger partial charge < -0.3 is 10.6 Å². The van der Waals surface area contributed by atoms with Crippen LogP contribution < -0.4 is 10.6 Å². The van der Waals surface area contributed by atoms with E-state index in [0.717, 1.165) is 6.07 Å². The molecule has 1 saturated carbocycles. The molecule has 128 valence electrons. The Hall–Kier alpha value is -1.93. The van der Waals surface area contributed by atoms with E-state index in [4.69, 9.17) is 0 Å². The van der Waals surface area contributed by atoms with Gasteiger partial charge in [0.15, 0.2) is 0 Å². The Labute approximate surface area is 129 Å². The molecule has 0 atom stereocenters. The van der Waals surface area contributed by atoms with E-state index in [0.29, 0.717) is 5.56 Å². The molecule has 0 unspecified atom stereocenters. The van der Waals surface area contributed by atoms with Gasteiger partial charge in [0.1, 0.15) is 5.69 Å². The molecule has 1 aliphatic rings. The molecular formula is C14H16F5N3O. The topological polar surface area (TPSA) is 54.0 Å². The fourth-order valence-corrected chi connectivity index (χ4v) is 2.21. The van der Waals surface area contributed by atoms with Gasteiger partial charge >= 0.3 is 12.2 Å². The third-order valence-electron chi connectivity index (χ3n) is 3.87. The number of carbonyl (C=O) groups excluding carboxylic acids is 1. The van der Waals surface area contributed by atoms with Crippen molar-refractivity contribution in [3.05, 3.63) is 29.6 Å². The van der Waals surface area contributed by atoms with Gasteiger partial charge in [0, 0.05) is 19.3 Å². The van der Waals surface area contributed by atoms with Crippen molar-refractivity contribution in [2.45, 2.75) is 38.4 Å². The van der Waals surface area contributed by atoms with Crippen molar-refractivity contribution in [3.63, 3.8) is 0 Å². The number of carbonyl (C=O) groups is 1. The van der Waals surface area contributed by atoms with E-state index >= 15 is 0 Å². The molecule has 0 spiro atoms. The lowest BCUT2D eigenvalue weighted by Crippen LogP contribution is -2.37. The zero-order valence-corrected chi connectivity index (χ0v) is 12.1. The van der Waals surface area contributed by atoms with E-state index in [2.05, 4.69) is 15.6 Å². The standard InChI is InChI=1S/C14H16F5N3O/c15-11(16)10-7-9(1-5-20-10)8-22-12(23)21-6-4-13(2-3-13)14(17,18)19/h1,5,7,11H,2-4,6,8H2,(H2,21,22,23). The monoisotopic (exact) mass is 337 g/mol. The average molecular weight is 337 g/mol. The first-order valence-electron chi connectivity index (χ1n) is 7.05. The average Bonchev–Trinajstić information content (AvgIpc) is 3.26. The lowest BCUT2D eigenvalue weighted by molar-refractivity contribution is -0.188. The van der Waals surface area contributed by atoms with E-state index in [9.17, 15) is 26.7 Å². The highest BCUT2D eigenvalue weighted by atomic mass is 19.4. The van der Waals surface area contributed by atoms with E-state index in [1.54, 1.807) is 0 Å². The summed E-state index contributed by atoms with van der Waals surface area (Å²) in [6.07, 6.45) is -5.72. The van der Waals surface area contributed by atoms with Gasteiger partial charge in [-0.25, -0.2) is 13.6 Å². The Morgan fingerprint density at radius 1 is 1.30 bits per heavy atom. The van der Waals surface area contributed by atoms with Crippen molar-refractivity contribution >= 4 is 6.03 Å². The number of nitrogens with one attached hydrogen (secondary N) is 2. The fraction of sp³-hybridized carbons (Fsp3) is 0.571. The van der Waals surface area contributed by atoms with Crippen molar-refractivity contribution < 1.29 is 26.7 Å². The maximum atomic E-state index is 12.7. The normalized spacial score (nSPS) is 16.3. The quantitative estimate of drug-likeness (QED) is 0.780. The maximum absolute atomic E-state index is 12.7. The SMILES string of the molecule is O=C(NCCC1(C(F)(F)F)CC1)NCc1ccnc(C(F)F)c1. The van der Waals surface area contributed by atoms with E-state index < -0.39 is 29.7 Å². The van der Waals surface area contributed by atoms with Gasteiger partial charge in [0.05, 0.1) is 5.41 Å². The van der Waals surface area contributed by atoms with Gasteiger partial charge in [-0.1, -0.05) is 0 Å². The van der Waals surface area contributed by atoms with Gasteiger partial charge in [-0.05, 0) is 37.0 Å². The number of rotatable bonds is 6. The minimum atomic E-state index is -4.24. The zero-order valence-electron chi connectivity index (χ0n) is 12.1. The van der Waals surface area contributed by atoms with Crippen LogP contribution in [0.2, 0.25) is 0 Å². The molecule has 0 bridgehead atoms. The Morgan fingerprint density at radius 2 is 2.00 bits per heavy atom. The largest absolute Gasteiger partial charge is 0.394 e. The van der Waals surface area contributed by atoms with Crippen LogP contribution in [0.3, 0.4) is 0 Å². The summed E-state index contributed by atoms with van der Waals surface area (Å²) in [5.74, 6) is 0. The molecule has 1 fully saturated rings. The molecular weight excluding hydrogens is 321 g/mol. The van der Waals surface area contributed by atoms with Crippen LogP contribution in [0, 0.1) is 5.41 Å². The van der Waals surface area contributed by atoms with Crippen LogP contribution in [0.15, 0.2) is 18.3 Å². The molecule has 9 heteroatoms. The summed E-state index contributed by atoms with van der Waals surface area (Å²) in [5.41, 5.74) is -1.62. The van der Waals surface area contributed by atoms with Crippen LogP contribution in [-0.2, 0) is 6.54 Å². The number of hydrogen-bond donors (Lipinski definition) is 2. The van der Waals surface area contributed by atoms with Crippen LogP contribution in [-0.4, -0.2) is 23.7 Å². The number of aromatic nitrogens is 1. The lowest BCUT2D eigenvalue weighted by Gasteiger charge is -2.19. The Bertz CT molecular complexity index is 558. The van der Waals surface area contributed by atoms with Crippen molar-refractivity contribution in [3.8, 4) is 0 Å². The third-order valence-corrected chi connectivity index (χ3v) is 3.87. The highest BCUT2D eigenvalue weighted by Crippen LogP contribution is 2.59. The van der Waals surface area contributed by atoms with Crippen LogP contribution in [0.1, 0.15) is 36.9 Å². The first kappa shape index (κ1) is 17.4. The summed E-state index contributed by atoms with van der Waals surface area (Å²) >= 11 is 0. The van der Waals surface area contributed by atoms with E-state index in [1.165, 1.54) is 12.3 Å². The van der Waals surface area contributed by atoms with E-state index in [1.807, 2.05) is 0 Å². The molecule has 1 aromatic rings. The van der Waals surface area contributed by atoms with Gasteiger partial charge in [0.2, 0.25) is 0 Å². The number of pyridine rings is 1. The highest BCUT2D eigenvalue weighted by Gasteiger charge is 2.62. The molecule has 1 aliphatic carbocycles. The van der Waals surface area contributed by atoms with Crippen molar-refractivity contribution in [1.29, 1.82) is 0 Å². The van der Waals surface area contributed by atoms with Gasteiger partial charge in [0.25, 0.3) is 6.43 Å². The van der Waals surface area contributed by atoms with Crippen molar-refractivity contribution in [2.75, 3.05) is 6.54 Å². The molecule has 0 aliphatic heterocycles. The fourth-order valence-electron chi connectivity index (χ4n) is 2.21. The molecule has 1 heterocycles. The van der Waals surface area contributed by atoms with Gasteiger partial charge in [-0.3, -0.25) is 4.98 Å². The lowest BCUT2D eigenvalue weighted by atomic mass is 10.0. The van der Waals surface area contributed by atoms with Crippen LogP contribution >= 0.6 is 0 Å². The predicted molar refractivity (Wildman–Crippen MR) is 71.8 cm³/mol. The highest BCUT2D eigenvalue weighted by molar-refractivity contribution is 5.73. The van der Waals surface area contributed by atoms with E-state index in [-0.39, 0.29) is 32.4 Å². The molecule has 23 heavy (non-hydrogen) atoms. The summed E-state index contributed by atoms with van der Waals surface area (Å²) in [6.45, 7) is -0.109. The molecule has 2 N–H and O–H groups in total. The molecule has 2 rings (SSSR count). The molecule has 0 radical (unpaired) electrons. The number of hydrogen-bond acceptors (Lipinski definition) is 2. The van der Waals surface area contributed by atoms with Crippen molar-refractivity contribution in [2.24, 2.45) is 5.41 Å². The number of urea groups is 1. The second-order valence-corrected chi connectivity index (χ2v) is 5.53. The summed E-state index contributed by atoms with van der Waals surface area (Å²) in [7, 11) is 0. The second-order valence-electron chi connectivity index (χ2n) is 5.53. The van der Waals surface area contributed by atoms with Crippen LogP contribution in [0.4, 0.5) is 26.7 Å². The van der Waals surface area contributed by atoms with Gasteiger partial charge in [-0.2, -0.15) is 13.2 Å². The number of amides is 2. The maximum Gasteiger partial charge on any atom is 0.394 e. The second kappa shape index (κ2) is 6.67. The first-order chi connectivity index (χ1) is 10.7. The summed E-state index contributed by atoms with van der Waals surface area (Å²) < 4.78 is 63.0. The minimum absolute atomic E-state index is 0.0154. The number of nitrogens with zero attached hydrogens (tertiary/aromatic N) is 1. The minimum Gasteiger partial charge on any atom is -0.338 e. The third kappa shape index (κ3) is 4.52.